The molecule has 8 heteroatoms. The largest absolute Gasteiger partial charge is 0.360 e. The van der Waals surface area contributed by atoms with E-state index in [-0.39, 0.29) is 16.7 Å². The van der Waals surface area contributed by atoms with Crippen LogP contribution in [0.1, 0.15) is 31.7 Å². The van der Waals surface area contributed by atoms with Crippen molar-refractivity contribution < 1.29 is 17.7 Å². The van der Waals surface area contributed by atoms with Gasteiger partial charge in [-0.3, -0.25) is 4.79 Å². The lowest BCUT2D eigenvalue weighted by Gasteiger charge is -2.23. The van der Waals surface area contributed by atoms with Crippen LogP contribution >= 0.6 is 0 Å². The zero-order valence-electron chi connectivity index (χ0n) is 13.5. The summed E-state index contributed by atoms with van der Waals surface area (Å²) in [5.74, 6) is 0.291. The van der Waals surface area contributed by atoms with Crippen molar-refractivity contribution in [3.63, 3.8) is 0 Å². The average Bonchev–Trinajstić information content (AvgIpc) is 2.67. The third kappa shape index (κ3) is 3.17. The van der Waals surface area contributed by atoms with E-state index >= 15 is 0 Å². The van der Waals surface area contributed by atoms with Crippen molar-refractivity contribution in [2.75, 3.05) is 26.2 Å². The molecule has 0 atom stereocenters. The molecule has 22 heavy (non-hydrogen) atoms. The molecule has 0 aliphatic carbocycles. The molecule has 0 unspecified atom stereocenters. The first-order valence-corrected chi connectivity index (χ1v) is 8.91. The number of hydrogen-bond donors (Lipinski definition) is 0. The molecule has 0 saturated carbocycles. The van der Waals surface area contributed by atoms with Crippen LogP contribution in [0.4, 0.5) is 0 Å². The maximum absolute atomic E-state index is 12.8. The average molecular weight is 329 g/mol. The van der Waals surface area contributed by atoms with Crippen molar-refractivity contribution in [1.29, 1.82) is 0 Å². The SMILES string of the molecule is Cc1noc(C)c1S(=O)(=O)N1CCCN(C(=O)C(C)C)CC1. The Bertz CT molecular complexity index is 632. The summed E-state index contributed by atoms with van der Waals surface area (Å²) < 4.78 is 31.9. The lowest BCUT2D eigenvalue weighted by molar-refractivity contribution is -0.134. The van der Waals surface area contributed by atoms with Gasteiger partial charge in [0, 0.05) is 32.1 Å². The Morgan fingerprint density at radius 1 is 1.18 bits per heavy atom. The van der Waals surface area contributed by atoms with E-state index in [2.05, 4.69) is 5.16 Å². The molecule has 1 saturated heterocycles. The lowest BCUT2D eigenvalue weighted by atomic mass is 10.2. The molecule has 1 fully saturated rings. The molecule has 0 N–H and O–H groups in total. The molecule has 1 aliphatic rings. The van der Waals surface area contributed by atoms with Crippen LogP contribution in [0, 0.1) is 19.8 Å². The highest BCUT2D eigenvalue weighted by Crippen LogP contribution is 2.24. The smallest absolute Gasteiger partial charge is 0.248 e. The van der Waals surface area contributed by atoms with Gasteiger partial charge in [0.15, 0.2) is 5.76 Å². The van der Waals surface area contributed by atoms with E-state index in [1.54, 1.807) is 18.7 Å². The number of hydrogen-bond acceptors (Lipinski definition) is 5. The van der Waals surface area contributed by atoms with E-state index in [0.29, 0.717) is 44.1 Å². The predicted octanol–water partition coefficient (Wildman–Crippen LogP) is 1.17. The summed E-state index contributed by atoms with van der Waals surface area (Å²) in [6.07, 6.45) is 0.626. The Hall–Kier alpha value is -1.41. The zero-order chi connectivity index (χ0) is 16.5. The number of aryl methyl sites for hydroxylation is 2. The third-order valence-electron chi connectivity index (χ3n) is 3.83. The summed E-state index contributed by atoms with van der Waals surface area (Å²) in [5.41, 5.74) is 0.372. The van der Waals surface area contributed by atoms with Crippen molar-refractivity contribution in [2.45, 2.75) is 39.0 Å². The highest BCUT2D eigenvalue weighted by molar-refractivity contribution is 7.89. The molecule has 7 nitrogen and oxygen atoms in total. The second-order valence-electron chi connectivity index (χ2n) is 5.89. The molecule has 0 bridgehead atoms. The number of nitrogens with zero attached hydrogens (tertiary/aromatic N) is 3. The summed E-state index contributed by atoms with van der Waals surface area (Å²) >= 11 is 0. The fourth-order valence-corrected chi connectivity index (χ4v) is 4.45. The quantitative estimate of drug-likeness (QED) is 0.831. The van der Waals surface area contributed by atoms with Gasteiger partial charge in [0.25, 0.3) is 0 Å². The van der Waals surface area contributed by atoms with Gasteiger partial charge >= 0.3 is 0 Å². The molecule has 0 spiro atoms. The first-order chi connectivity index (χ1) is 10.2. The molecule has 2 heterocycles. The Morgan fingerprint density at radius 2 is 1.86 bits per heavy atom. The number of carbonyl (C=O) groups excluding carboxylic acids is 1. The van der Waals surface area contributed by atoms with E-state index in [1.807, 2.05) is 13.8 Å². The van der Waals surface area contributed by atoms with Gasteiger partial charge in [-0.2, -0.15) is 4.31 Å². The third-order valence-corrected chi connectivity index (χ3v) is 5.97. The molecule has 0 radical (unpaired) electrons. The number of carbonyl (C=O) groups is 1. The molecule has 1 amide bonds. The van der Waals surface area contributed by atoms with Crippen LogP contribution in [0.25, 0.3) is 0 Å². The van der Waals surface area contributed by atoms with Crippen molar-refractivity contribution in [3.05, 3.63) is 11.5 Å². The zero-order valence-corrected chi connectivity index (χ0v) is 14.3. The molecular weight excluding hydrogens is 306 g/mol. The molecule has 2 rings (SSSR count). The van der Waals surface area contributed by atoms with Crippen molar-refractivity contribution in [1.82, 2.24) is 14.4 Å². The fraction of sp³-hybridized carbons (Fsp3) is 0.714. The van der Waals surface area contributed by atoms with Gasteiger partial charge in [-0.15, -0.1) is 0 Å². The minimum Gasteiger partial charge on any atom is -0.360 e. The summed E-state index contributed by atoms with van der Waals surface area (Å²) in [5, 5.41) is 3.72. The van der Waals surface area contributed by atoms with Crippen LogP contribution in [-0.2, 0) is 14.8 Å². The predicted molar refractivity (Wildman–Crippen MR) is 80.8 cm³/mol. The van der Waals surface area contributed by atoms with Crippen LogP contribution in [0.15, 0.2) is 9.42 Å². The van der Waals surface area contributed by atoms with E-state index in [4.69, 9.17) is 4.52 Å². The van der Waals surface area contributed by atoms with Gasteiger partial charge in [0.2, 0.25) is 15.9 Å². The van der Waals surface area contributed by atoms with Gasteiger partial charge < -0.3 is 9.42 Å². The highest BCUT2D eigenvalue weighted by Gasteiger charge is 2.33. The monoisotopic (exact) mass is 329 g/mol. The van der Waals surface area contributed by atoms with Crippen LogP contribution in [-0.4, -0.2) is 54.9 Å². The standard InChI is InChI=1S/C14H23N3O4S/c1-10(2)14(18)16-6-5-7-17(9-8-16)22(19,20)13-11(3)15-21-12(13)4/h10H,5-9H2,1-4H3. The van der Waals surface area contributed by atoms with Crippen molar-refractivity contribution in [2.24, 2.45) is 5.92 Å². The van der Waals surface area contributed by atoms with Crippen molar-refractivity contribution >= 4 is 15.9 Å². The molecule has 0 aromatic carbocycles. The second kappa shape index (κ2) is 6.37. The van der Waals surface area contributed by atoms with E-state index in [9.17, 15) is 13.2 Å². The van der Waals surface area contributed by atoms with Crippen LogP contribution in [0.2, 0.25) is 0 Å². The molecular formula is C14H23N3O4S. The van der Waals surface area contributed by atoms with E-state index in [1.165, 1.54) is 4.31 Å². The lowest BCUT2D eigenvalue weighted by Crippen LogP contribution is -2.39. The van der Waals surface area contributed by atoms with Gasteiger partial charge in [0.1, 0.15) is 10.6 Å². The summed E-state index contributed by atoms with van der Waals surface area (Å²) in [4.78, 5) is 14.0. The maximum Gasteiger partial charge on any atom is 0.248 e. The van der Waals surface area contributed by atoms with Gasteiger partial charge in [0.05, 0.1) is 0 Å². The molecule has 1 aromatic heterocycles. The Kier molecular flexibility index (Phi) is 4.91. The Labute approximate surface area is 131 Å². The summed E-state index contributed by atoms with van der Waals surface area (Å²) in [6.45, 7) is 8.62. The minimum atomic E-state index is -3.63. The van der Waals surface area contributed by atoms with Crippen LogP contribution in [0.3, 0.4) is 0 Å². The van der Waals surface area contributed by atoms with Crippen LogP contribution < -0.4 is 0 Å². The molecule has 1 aliphatic heterocycles. The first-order valence-electron chi connectivity index (χ1n) is 7.47. The first kappa shape index (κ1) is 17.0. The van der Waals surface area contributed by atoms with Crippen LogP contribution in [0.5, 0.6) is 0 Å². The highest BCUT2D eigenvalue weighted by atomic mass is 32.2. The Balaban J connectivity index is 2.19. The summed E-state index contributed by atoms with van der Waals surface area (Å²) in [6, 6.07) is 0. The minimum absolute atomic E-state index is 0.0663. The van der Waals surface area contributed by atoms with E-state index in [0.717, 1.165) is 0 Å². The van der Waals surface area contributed by atoms with Gasteiger partial charge in [-0.1, -0.05) is 19.0 Å². The molecule has 124 valence electrons. The Morgan fingerprint density at radius 3 is 2.41 bits per heavy atom. The van der Waals surface area contributed by atoms with Gasteiger partial charge in [-0.25, -0.2) is 8.42 Å². The molecule has 1 aromatic rings. The number of aromatic nitrogens is 1. The fourth-order valence-electron chi connectivity index (χ4n) is 2.69. The normalized spacial score (nSPS) is 17.8. The van der Waals surface area contributed by atoms with Gasteiger partial charge in [-0.05, 0) is 20.3 Å². The van der Waals surface area contributed by atoms with E-state index < -0.39 is 10.0 Å². The summed E-state index contributed by atoms with van der Waals surface area (Å²) in [7, 11) is -3.63. The topological polar surface area (TPSA) is 83.7 Å². The number of sulfonamides is 1. The maximum atomic E-state index is 12.8. The number of rotatable bonds is 3. The second-order valence-corrected chi connectivity index (χ2v) is 7.77. The van der Waals surface area contributed by atoms with Crippen molar-refractivity contribution in [3.8, 4) is 0 Å². The number of amides is 1.